The minimum Gasteiger partial charge on any atom is -0.324 e. The second kappa shape index (κ2) is 4.47. The number of H-pyrrole nitrogens is 1. The number of nitrogens with zero attached hydrogens (tertiary/aromatic N) is 1. The molecule has 0 aromatic carbocycles. The van der Waals surface area contributed by atoms with Gasteiger partial charge in [-0.1, -0.05) is 15.9 Å². The van der Waals surface area contributed by atoms with Crippen molar-refractivity contribution in [3.05, 3.63) is 37.8 Å². The summed E-state index contributed by atoms with van der Waals surface area (Å²) in [6.45, 7) is 0. The van der Waals surface area contributed by atoms with Crippen molar-refractivity contribution < 1.29 is 13.7 Å². The normalized spacial score (nSPS) is 10.7. The molecule has 8 heteroatoms. The summed E-state index contributed by atoms with van der Waals surface area (Å²) in [7, 11) is 0. The van der Waals surface area contributed by atoms with Crippen LogP contribution in [0.25, 0.3) is 0 Å². The van der Waals surface area contributed by atoms with Crippen LogP contribution < -0.4 is 5.56 Å². The van der Waals surface area contributed by atoms with E-state index in [1.165, 1.54) is 0 Å². The standard InChI is InChI=1S/C7H5BrF2N2O3/c8-2-3-6(7(9)10)4(12(14)15)1-5(13)11-3/h1,7H,2H2,(H,11,13). The van der Waals surface area contributed by atoms with Crippen LogP contribution in [0.1, 0.15) is 17.7 Å². The fourth-order valence-electron chi connectivity index (χ4n) is 1.11. The molecular formula is C7H5BrF2N2O3. The van der Waals surface area contributed by atoms with Crippen molar-refractivity contribution in [1.82, 2.24) is 4.98 Å². The zero-order chi connectivity index (χ0) is 11.6. The molecular weight excluding hydrogens is 278 g/mol. The summed E-state index contributed by atoms with van der Waals surface area (Å²) in [5.74, 6) is 0. The molecule has 0 aliphatic rings. The Balaban J connectivity index is 3.54. The number of halogens is 3. The molecule has 1 aromatic rings. The molecule has 1 heterocycles. The molecule has 0 atom stereocenters. The molecule has 0 bridgehead atoms. The van der Waals surface area contributed by atoms with Gasteiger partial charge in [-0.05, 0) is 0 Å². The summed E-state index contributed by atoms with van der Waals surface area (Å²) in [6, 6.07) is 0.549. The predicted octanol–water partition coefficient (Wildman–Crippen LogP) is 2.12. The van der Waals surface area contributed by atoms with Gasteiger partial charge in [-0.2, -0.15) is 0 Å². The smallest absolute Gasteiger partial charge is 0.285 e. The van der Waals surface area contributed by atoms with Gasteiger partial charge in [0.25, 0.3) is 17.7 Å². The van der Waals surface area contributed by atoms with Crippen molar-refractivity contribution in [3.8, 4) is 0 Å². The van der Waals surface area contributed by atoms with E-state index < -0.39 is 28.2 Å². The van der Waals surface area contributed by atoms with Gasteiger partial charge in [0, 0.05) is 11.0 Å². The Morgan fingerprint density at radius 3 is 2.60 bits per heavy atom. The van der Waals surface area contributed by atoms with Crippen molar-refractivity contribution in [2.75, 3.05) is 0 Å². The zero-order valence-corrected chi connectivity index (χ0v) is 8.75. The second-order valence-electron chi connectivity index (χ2n) is 2.60. The third kappa shape index (κ3) is 2.38. The summed E-state index contributed by atoms with van der Waals surface area (Å²) in [4.78, 5) is 22.5. The van der Waals surface area contributed by atoms with E-state index in [-0.39, 0.29) is 11.0 Å². The lowest BCUT2D eigenvalue weighted by Crippen LogP contribution is -2.13. The van der Waals surface area contributed by atoms with Crippen LogP contribution in [0.4, 0.5) is 14.5 Å². The molecule has 5 nitrogen and oxygen atoms in total. The summed E-state index contributed by atoms with van der Waals surface area (Å²) < 4.78 is 25.0. The minimum absolute atomic E-state index is 0.0798. The first-order valence-corrected chi connectivity index (χ1v) is 4.84. The Kier molecular flexibility index (Phi) is 3.51. The largest absolute Gasteiger partial charge is 0.324 e. The summed E-state index contributed by atoms with van der Waals surface area (Å²) in [5, 5.41) is 10.4. The van der Waals surface area contributed by atoms with Gasteiger partial charge in [-0.3, -0.25) is 14.9 Å². The fraction of sp³-hybridized carbons (Fsp3) is 0.286. The molecule has 0 amide bonds. The number of rotatable bonds is 3. The van der Waals surface area contributed by atoms with Crippen LogP contribution in [0.15, 0.2) is 10.9 Å². The third-order valence-corrected chi connectivity index (χ3v) is 2.25. The van der Waals surface area contributed by atoms with E-state index in [9.17, 15) is 23.7 Å². The maximum absolute atomic E-state index is 12.5. The van der Waals surface area contributed by atoms with E-state index in [0.717, 1.165) is 0 Å². The van der Waals surface area contributed by atoms with Gasteiger partial charge >= 0.3 is 0 Å². The molecule has 0 aliphatic heterocycles. The molecule has 0 radical (unpaired) electrons. The Morgan fingerprint density at radius 1 is 1.60 bits per heavy atom. The fourth-order valence-corrected chi connectivity index (χ4v) is 1.55. The summed E-state index contributed by atoms with van der Waals surface area (Å²) >= 11 is 2.87. The topological polar surface area (TPSA) is 76.0 Å². The highest BCUT2D eigenvalue weighted by molar-refractivity contribution is 9.08. The summed E-state index contributed by atoms with van der Waals surface area (Å²) in [6.07, 6.45) is -3.00. The average molecular weight is 283 g/mol. The number of hydrogen-bond acceptors (Lipinski definition) is 3. The zero-order valence-electron chi connectivity index (χ0n) is 7.17. The lowest BCUT2D eigenvalue weighted by molar-refractivity contribution is -0.386. The number of pyridine rings is 1. The molecule has 82 valence electrons. The average Bonchev–Trinajstić information content (AvgIpc) is 2.15. The first kappa shape index (κ1) is 11.8. The molecule has 0 unspecified atom stereocenters. The van der Waals surface area contributed by atoms with E-state index >= 15 is 0 Å². The van der Waals surface area contributed by atoms with E-state index in [1.807, 2.05) is 0 Å². The van der Waals surface area contributed by atoms with Crippen LogP contribution in [0.2, 0.25) is 0 Å². The second-order valence-corrected chi connectivity index (χ2v) is 3.16. The third-order valence-electron chi connectivity index (χ3n) is 1.69. The van der Waals surface area contributed by atoms with E-state index in [2.05, 4.69) is 20.9 Å². The number of aromatic amines is 1. The van der Waals surface area contributed by atoms with Gasteiger partial charge in [0.15, 0.2) is 0 Å². The van der Waals surface area contributed by atoms with Crippen molar-refractivity contribution in [2.45, 2.75) is 11.8 Å². The number of nitro groups is 1. The molecule has 0 saturated heterocycles. The molecule has 15 heavy (non-hydrogen) atoms. The molecule has 1 rings (SSSR count). The Morgan fingerprint density at radius 2 is 2.20 bits per heavy atom. The van der Waals surface area contributed by atoms with Gasteiger partial charge < -0.3 is 4.98 Å². The van der Waals surface area contributed by atoms with Gasteiger partial charge in [0.05, 0.1) is 11.0 Å². The van der Waals surface area contributed by atoms with Crippen molar-refractivity contribution in [2.24, 2.45) is 0 Å². The van der Waals surface area contributed by atoms with Gasteiger partial charge in [-0.25, -0.2) is 8.78 Å². The highest BCUT2D eigenvalue weighted by Gasteiger charge is 2.26. The Labute approximate surface area is 90.4 Å². The summed E-state index contributed by atoms with van der Waals surface area (Å²) in [5.41, 5.74) is -2.57. The highest BCUT2D eigenvalue weighted by atomic mass is 79.9. The number of aromatic nitrogens is 1. The molecule has 0 fully saturated rings. The molecule has 1 N–H and O–H groups in total. The van der Waals surface area contributed by atoms with Crippen LogP contribution in [0.5, 0.6) is 0 Å². The quantitative estimate of drug-likeness (QED) is 0.524. The first-order valence-electron chi connectivity index (χ1n) is 3.72. The van der Waals surface area contributed by atoms with Crippen LogP contribution in [0, 0.1) is 10.1 Å². The van der Waals surface area contributed by atoms with Crippen LogP contribution in [-0.2, 0) is 5.33 Å². The lowest BCUT2D eigenvalue weighted by Gasteiger charge is -2.05. The Hall–Kier alpha value is -1.31. The number of nitrogens with one attached hydrogen (secondary N) is 1. The maximum atomic E-state index is 12.5. The van der Waals surface area contributed by atoms with Crippen LogP contribution in [0.3, 0.4) is 0 Å². The molecule has 0 saturated carbocycles. The van der Waals surface area contributed by atoms with Gasteiger partial charge in [-0.15, -0.1) is 0 Å². The van der Waals surface area contributed by atoms with E-state index in [1.54, 1.807) is 0 Å². The highest BCUT2D eigenvalue weighted by Crippen LogP contribution is 2.30. The first-order chi connectivity index (χ1) is 6.97. The lowest BCUT2D eigenvalue weighted by atomic mass is 10.2. The van der Waals surface area contributed by atoms with Crippen molar-refractivity contribution in [1.29, 1.82) is 0 Å². The van der Waals surface area contributed by atoms with Gasteiger partial charge in [0.1, 0.15) is 5.56 Å². The molecule has 0 aliphatic carbocycles. The predicted molar refractivity (Wildman–Crippen MR) is 51.3 cm³/mol. The molecule has 0 spiro atoms. The number of hydrogen-bond donors (Lipinski definition) is 1. The molecule has 1 aromatic heterocycles. The van der Waals surface area contributed by atoms with Crippen molar-refractivity contribution >= 4 is 21.6 Å². The van der Waals surface area contributed by atoms with E-state index in [0.29, 0.717) is 6.07 Å². The maximum Gasteiger partial charge on any atom is 0.285 e. The van der Waals surface area contributed by atoms with Crippen molar-refractivity contribution in [3.63, 3.8) is 0 Å². The van der Waals surface area contributed by atoms with E-state index in [4.69, 9.17) is 0 Å². The van der Waals surface area contributed by atoms with Gasteiger partial charge in [0.2, 0.25) is 0 Å². The minimum atomic E-state index is -3.00. The van der Waals surface area contributed by atoms with Crippen LogP contribution in [-0.4, -0.2) is 9.91 Å². The monoisotopic (exact) mass is 282 g/mol. The van der Waals surface area contributed by atoms with Crippen LogP contribution >= 0.6 is 15.9 Å². The SMILES string of the molecule is O=c1cc([N+](=O)[O-])c(C(F)F)c(CBr)[nH]1. The number of alkyl halides is 3. The Bertz CT molecular complexity index is 446.